The Morgan fingerprint density at radius 2 is 0.260 bits per heavy atom. The maximum Gasteiger partial charge on any atom is -0.0414 e. The van der Waals surface area contributed by atoms with Crippen LogP contribution in [0.15, 0.2) is 0 Å². The van der Waals surface area contributed by atoms with Crippen LogP contribution in [-0.2, 0) is 0 Å². The molecule has 0 aromatic carbocycles. The van der Waals surface area contributed by atoms with Gasteiger partial charge in [-0.15, -0.1) is 0 Å². The van der Waals surface area contributed by atoms with Crippen molar-refractivity contribution in [1.29, 1.82) is 0 Å². The van der Waals surface area contributed by atoms with Crippen LogP contribution in [0.2, 0.25) is 0 Å². The van der Waals surface area contributed by atoms with Crippen LogP contribution in [0.4, 0.5) is 0 Å². The molecular weight excluding hydrogens is 925 g/mol. The third-order valence-corrected chi connectivity index (χ3v) is 19.4. The van der Waals surface area contributed by atoms with Crippen molar-refractivity contribution >= 4 is 0 Å². The lowest BCUT2D eigenvalue weighted by atomic mass is 9.85. The second-order valence-corrected chi connectivity index (χ2v) is 27.3. The molecule has 1 aliphatic carbocycles. The van der Waals surface area contributed by atoms with Gasteiger partial charge in [-0.25, -0.2) is 0 Å². The predicted octanol–water partition coefficient (Wildman–Crippen LogP) is 29.9. The standard InChI is InChI=1S/C77H154/c1-2-3-4-5-6-7-8-9-10-11-12-13-14-15-16-17-18-19-20-21-22-23-24-25-26-27-28-29-30-31-32-33-34-35-36-37-38-39-40-41-42-43-44-45-46-47-48-49-50-51-52-53-54-55-56-57-58-59-60-61-62-63-64-65-66-67-68-69-71-74-77-75-72-70-73-76-77/h77H,2-76H2,1H3. The van der Waals surface area contributed by atoms with E-state index in [1.165, 1.54) is 462 Å². The van der Waals surface area contributed by atoms with Crippen LogP contribution in [0.25, 0.3) is 0 Å². The first-order valence-corrected chi connectivity index (χ1v) is 38.4. The number of hydrogen-bond donors (Lipinski definition) is 0. The van der Waals surface area contributed by atoms with Crippen LogP contribution in [0.3, 0.4) is 0 Å². The van der Waals surface area contributed by atoms with Gasteiger partial charge >= 0.3 is 0 Å². The third-order valence-electron chi connectivity index (χ3n) is 19.4. The van der Waals surface area contributed by atoms with Crippen molar-refractivity contribution < 1.29 is 0 Å². The molecule has 1 aliphatic rings. The summed E-state index contributed by atoms with van der Waals surface area (Å²) in [5.41, 5.74) is 0. The highest BCUT2D eigenvalue weighted by atomic mass is 14.2. The molecule has 1 saturated carbocycles. The van der Waals surface area contributed by atoms with Gasteiger partial charge in [0.05, 0.1) is 0 Å². The first-order valence-electron chi connectivity index (χ1n) is 38.4. The minimum atomic E-state index is 1.10. The Morgan fingerprint density at radius 3 is 0.390 bits per heavy atom. The summed E-state index contributed by atoms with van der Waals surface area (Å²) in [5.74, 6) is 1.10. The van der Waals surface area contributed by atoms with Gasteiger partial charge in [0.15, 0.2) is 0 Å². The van der Waals surface area contributed by atoms with Crippen molar-refractivity contribution in [2.75, 3.05) is 0 Å². The van der Waals surface area contributed by atoms with Crippen LogP contribution in [0.5, 0.6) is 0 Å². The molecule has 0 aromatic rings. The van der Waals surface area contributed by atoms with Gasteiger partial charge in [-0.05, 0) is 5.92 Å². The molecular formula is C77H154. The lowest BCUT2D eigenvalue weighted by molar-refractivity contribution is 0.328. The molecule has 0 aromatic heterocycles. The minimum absolute atomic E-state index is 1.10. The molecule has 0 nitrogen and oxygen atoms in total. The molecule has 1 fully saturated rings. The summed E-state index contributed by atoms with van der Waals surface area (Å²) < 4.78 is 0. The number of rotatable bonds is 70. The van der Waals surface area contributed by atoms with Crippen LogP contribution in [0.1, 0.15) is 488 Å². The van der Waals surface area contributed by atoms with Gasteiger partial charge in [0.2, 0.25) is 0 Å². The zero-order valence-corrected chi connectivity index (χ0v) is 54.6. The van der Waals surface area contributed by atoms with Gasteiger partial charge < -0.3 is 0 Å². The van der Waals surface area contributed by atoms with E-state index in [0.717, 1.165) is 5.92 Å². The summed E-state index contributed by atoms with van der Waals surface area (Å²) in [6, 6.07) is 0. The van der Waals surface area contributed by atoms with Gasteiger partial charge in [-0.2, -0.15) is 0 Å². The molecule has 0 unspecified atom stereocenters. The molecule has 0 heterocycles. The summed E-state index contributed by atoms with van der Waals surface area (Å²) in [7, 11) is 0. The summed E-state index contributed by atoms with van der Waals surface area (Å²) >= 11 is 0. The van der Waals surface area contributed by atoms with Gasteiger partial charge in [-0.1, -0.05) is 488 Å². The predicted molar refractivity (Wildman–Crippen MR) is 355 cm³/mol. The van der Waals surface area contributed by atoms with E-state index in [2.05, 4.69) is 6.92 Å². The van der Waals surface area contributed by atoms with Crippen LogP contribution in [0, 0.1) is 5.92 Å². The largest absolute Gasteiger partial charge is 0.0654 e. The highest BCUT2D eigenvalue weighted by Crippen LogP contribution is 2.28. The van der Waals surface area contributed by atoms with Crippen LogP contribution < -0.4 is 0 Å². The minimum Gasteiger partial charge on any atom is -0.0654 e. The first kappa shape index (κ1) is 75.0. The Balaban J connectivity index is 1.58. The number of unbranched alkanes of at least 4 members (excludes halogenated alkanes) is 68. The average Bonchev–Trinajstić information content (AvgIpc) is 3.45. The molecule has 462 valence electrons. The van der Waals surface area contributed by atoms with Crippen molar-refractivity contribution in [2.45, 2.75) is 488 Å². The molecule has 0 amide bonds. The molecule has 0 saturated heterocycles. The van der Waals surface area contributed by atoms with Crippen molar-refractivity contribution in [3.8, 4) is 0 Å². The fraction of sp³-hybridized carbons (Fsp3) is 1.00. The van der Waals surface area contributed by atoms with E-state index >= 15 is 0 Å². The summed E-state index contributed by atoms with van der Waals surface area (Å²) in [6.45, 7) is 2.32. The lowest BCUT2D eigenvalue weighted by Gasteiger charge is -2.21. The van der Waals surface area contributed by atoms with Crippen LogP contribution in [-0.4, -0.2) is 0 Å². The molecule has 0 bridgehead atoms. The number of hydrogen-bond acceptors (Lipinski definition) is 0. The van der Waals surface area contributed by atoms with E-state index in [4.69, 9.17) is 0 Å². The molecule has 0 radical (unpaired) electrons. The van der Waals surface area contributed by atoms with Crippen molar-refractivity contribution in [3.63, 3.8) is 0 Å². The second kappa shape index (κ2) is 70.3. The zero-order valence-electron chi connectivity index (χ0n) is 54.6. The summed E-state index contributed by atoms with van der Waals surface area (Å²) in [4.78, 5) is 0. The Kier molecular flexibility index (Phi) is 68.5. The Hall–Kier alpha value is 0. The van der Waals surface area contributed by atoms with Crippen molar-refractivity contribution in [3.05, 3.63) is 0 Å². The highest BCUT2D eigenvalue weighted by molar-refractivity contribution is 4.66. The maximum absolute atomic E-state index is 2.32. The monoisotopic (exact) mass is 1080 g/mol. The van der Waals surface area contributed by atoms with E-state index in [9.17, 15) is 0 Å². The van der Waals surface area contributed by atoms with Gasteiger partial charge in [0, 0.05) is 0 Å². The topological polar surface area (TPSA) is 0 Å². The van der Waals surface area contributed by atoms with E-state index < -0.39 is 0 Å². The molecule has 0 N–H and O–H groups in total. The lowest BCUT2D eigenvalue weighted by Crippen LogP contribution is -2.05. The van der Waals surface area contributed by atoms with Gasteiger partial charge in [0.25, 0.3) is 0 Å². The average molecular weight is 1080 g/mol. The highest BCUT2D eigenvalue weighted by Gasteiger charge is 2.12. The Morgan fingerprint density at radius 1 is 0.143 bits per heavy atom. The molecule has 77 heavy (non-hydrogen) atoms. The van der Waals surface area contributed by atoms with E-state index in [-0.39, 0.29) is 0 Å². The Bertz CT molecular complexity index is 975. The fourth-order valence-corrected chi connectivity index (χ4v) is 13.8. The fourth-order valence-electron chi connectivity index (χ4n) is 13.8. The molecule has 0 aliphatic heterocycles. The first-order chi connectivity index (χ1) is 38.4. The normalized spacial score (nSPS) is 13.2. The van der Waals surface area contributed by atoms with Crippen molar-refractivity contribution in [2.24, 2.45) is 5.92 Å². The summed E-state index contributed by atoms with van der Waals surface area (Å²) in [6.07, 6.45) is 112. The molecule has 1 rings (SSSR count). The second-order valence-electron chi connectivity index (χ2n) is 27.3. The van der Waals surface area contributed by atoms with Gasteiger partial charge in [0.1, 0.15) is 0 Å². The zero-order chi connectivity index (χ0) is 54.6. The van der Waals surface area contributed by atoms with Crippen molar-refractivity contribution in [1.82, 2.24) is 0 Å². The Labute approximate surface area is 491 Å². The maximum atomic E-state index is 2.32. The third kappa shape index (κ3) is 66.7. The quantitative estimate of drug-likeness (QED) is 0.0533. The summed E-state index contributed by atoms with van der Waals surface area (Å²) in [5, 5.41) is 0. The SMILES string of the molecule is CCCCCCCCCCCCCCCCCCCCCCCCCCCCCCCCCCCCCCCCCCCCCCCCCCCCCCCCCCCCCCCCCCCCCCCC1CCCCC1. The molecule has 0 heteroatoms. The van der Waals surface area contributed by atoms with E-state index in [1.807, 2.05) is 0 Å². The van der Waals surface area contributed by atoms with Gasteiger partial charge in [-0.3, -0.25) is 0 Å². The smallest absolute Gasteiger partial charge is 0.0414 e. The molecule has 0 atom stereocenters. The van der Waals surface area contributed by atoms with E-state index in [0.29, 0.717) is 0 Å². The molecule has 0 spiro atoms. The van der Waals surface area contributed by atoms with E-state index in [1.54, 1.807) is 19.3 Å². The van der Waals surface area contributed by atoms with Crippen LogP contribution >= 0.6 is 0 Å².